The topological polar surface area (TPSA) is 158 Å². The van der Waals surface area contributed by atoms with Crippen molar-refractivity contribution in [3.63, 3.8) is 0 Å². The van der Waals surface area contributed by atoms with Gasteiger partial charge in [0.25, 0.3) is 5.91 Å². The van der Waals surface area contributed by atoms with Crippen molar-refractivity contribution >= 4 is 17.7 Å². The molecule has 1 heterocycles. The van der Waals surface area contributed by atoms with Crippen LogP contribution in [0.3, 0.4) is 0 Å². The fourth-order valence-corrected chi connectivity index (χ4v) is 3.06. The minimum absolute atomic E-state index is 0.00723. The summed E-state index contributed by atoms with van der Waals surface area (Å²) in [6.07, 6.45) is 2.84. The molecule has 0 spiro atoms. The zero-order valence-electron chi connectivity index (χ0n) is 17.4. The molecule has 1 atom stereocenters. The Hall–Kier alpha value is -3.91. The minimum Gasteiger partial charge on any atom is -0.504 e. The van der Waals surface area contributed by atoms with E-state index < -0.39 is 28.0 Å². The highest BCUT2D eigenvalue weighted by Crippen LogP contribution is 2.36. The standard InChI is InChI=1S/C20H24N6O5/c1-4-25(8-7-22-13(2)16-5-6-23-24(16)3)20(29)15(12-21)9-14-10-17(26(30)31)19(28)18(27)11-14/h5-6,9-11,13,22,27-28H,4,7-8H2,1-3H3/b15-9+/t13-/m1/s1. The van der Waals surface area contributed by atoms with E-state index in [9.17, 15) is 30.4 Å². The summed E-state index contributed by atoms with van der Waals surface area (Å²) < 4.78 is 1.75. The maximum absolute atomic E-state index is 12.8. The molecule has 31 heavy (non-hydrogen) atoms. The number of nitrogens with one attached hydrogen (secondary N) is 1. The van der Waals surface area contributed by atoms with E-state index in [0.717, 1.165) is 23.9 Å². The lowest BCUT2D eigenvalue weighted by molar-refractivity contribution is -0.386. The monoisotopic (exact) mass is 428 g/mol. The minimum atomic E-state index is -0.879. The van der Waals surface area contributed by atoms with Crippen molar-refractivity contribution in [1.29, 1.82) is 5.26 Å². The molecule has 0 saturated heterocycles. The molecule has 0 aliphatic carbocycles. The van der Waals surface area contributed by atoms with Crippen LogP contribution in [0.25, 0.3) is 6.08 Å². The number of phenols is 2. The normalized spacial score (nSPS) is 12.3. The zero-order valence-corrected chi connectivity index (χ0v) is 17.4. The van der Waals surface area contributed by atoms with Crippen LogP contribution in [0.15, 0.2) is 30.0 Å². The SMILES string of the molecule is CCN(CCN[C@H](C)c1ccnn1C)C(=O)/C(C#N)=C/c1cc(O)c(O)c([N+](=O)[O-])c1. The predicted octanol–water partition coefficient (Wildman–Crippen LogP) is 1.85. The van der Waals surface area contributed by atoms with Crippen molar-refractivity contribution < 1.29 is 19.9 Å². The first kappa shape index (κ1) is 23.4. The summed E-state index contributed by atoms with van der Waals surface area (Å²) >= 11 is 0. The number of hydrogen-bond acceptors (Lipinski definition) is 8. The molecule has 0 radical (unpaired) electrons. The van der Waals surface area contributed by atoms with Gasteiger partial charge in [-0.2, -0.15) is 10.4 Å². The van der Waals surface area contributed by atoms with Crippen LogP contribution in [-0.4, -0.2) is 55.4 Å². The number of aromatic hydroxyl groups is 2. The summed E-state index contributed by atoms with van der Waals surface area (Å²) in [6, 6.07) is 5.72. The number of phenolic OH excluding ortho intramolecular Hbond substituents is 2. The number of rotatable bonds is 9. The maximum Gasteiger partial charge on any atom is 0.315 e. The van der Waals surface area contributed by atoms with Gasteiger partial charge in [0.1, 0.15) is 11.6 Å². The fourth-order valence-electron chi connectivity index (χ4n) is 3.06. The quantitative estimate of drug-likeness (QED) is 0.179. The fraction of sp³-hybridized carbons (Fsp3) is 0.350. The van der Waals surface area contributed by atoms with Crippen molar-refractivity contribution in [1.82, 2.24) is 20.0 Å². The molecule has 11 nitrogen and oxygen atoms in total. The number of aromatic nitrogens is 2. The summed E-state index contributed by atoms with van der Waals surface area (Å²) in [5.41, 5.74) is 0.0595. The Kier molecular flexibility index (Phi) is 7.70. The highest BCUT2D eigenvalue weighted by Gasteiger charge is 2.21. The van der Waals surface area contributed by atoms with Crippen LogP contribution >= 0.6 is 0 Å². The number of carbonyl (C=O) groups excluding carboxylic acids is 1. The van der Waals surface area contributed by atoms with Crippen LogP contribution in [0, 0.1) is 21.4 Å². The number of nitro groups is 1. The highest BCUT2D eigenvalue weighted by molar-refractivity contribution is 6.01. The first-order valence-electron chi connectivity index (χ1n) is 9.52. The second kappa shape index (κ2) is 10.2. The van der Waals surface area contributed by atoms with Gasteiger partial charge in [-0.05, 0) is 37.6 Å². The van der Waals surface area contributed by atoms with E-state index in [0.29, 0.717) is 19.6 Å². The third-order valence-electron chi connectivity index (χ3n) is 4.75. The van der Waals surface area contributed by atoms with E-state index in [4.69, 9.17) is 0 Å². The van der Waals surface area contributed by atoms with Crippen molar-refractivity contribution in [3.05, 3.63) is 51.3 Å². The molecule has 0 aliphatic rings. The molecule has 0 unspecified atom stereocenters. The zero-order chi connectivity index (χ0) is 23.1. The lowest BCUT2D eigenvalue weighted by Crippen LogP contribution is -2.38. The molecule has 164 valence electrons. The number of nitro benzene ring substituents is 1. The van der Waals surface area contributed by atoms with Gasteiger partial charge in [-0.3, -0.25) is 19.6 Å². The number of likely N-dealkylation sites (N-methyl/N-ethyl adjacent to an activating group) is 1. The van der Waals surface area contributed by atoms with E-state index >= 15 is 0 Å². The molecule has 1 amide bonds. The second-order valence-corrected chi connectivity index (χ2v) is 6.78. The summed E-state index contributed by atoms with van der Waals surface area (Å²) in [7, 11) is 1.84. The Bertz CT molecular complexity index is 1040. The number of nitriles is 1. The van der Waals surface area contributed by atoms with E-state index in [1.165, 1.54) is 4.90 Å². The lowest BCUT2D eigenvalue weighted by Gasteiger charge is -2.22. The number of hydrogen-bond donors (Lipinski definition) is 3. The smallest absolute Gasteiger partial charge is 0.315 e. The average Bonchev–Trinajstić information content (AvgIpc) is 3.17. The predicted molar refractivity (Wildman–Crippen MR) is 112 cm³/mol. The number of amides is 1. The second-order valence-electron chi connectivity index (χ2n) is 6.78. The largest absolute Gasteiger partial charge is 0.504 e. The Morgan fingerprint density at radius 2 is 2.19 bits per heavy atom. The van der Waals surface area contributed by atoms with Crippen LogP contribution in [0.1, 0.15) is 31.1 Å². The summed E-state index contributed by atoms with van der Waals surface area (Å²) in [5.74, 6) is -2.14. The van der Waals surface area contributed by atoms with Gasteiger partial charge < -0.3 is 20.4 Å². The number of nitrogens with zero attached hydrogens (tertiary/aromatic N) is 5. The third kappa shape index (κ3) is 5.58. The van der Waals surface area contributed by atoms with Gasteiger partial charge in [-0.15, -0.1) is 0 Å². The average molecular weight is 428 g/mol. The molecule has 2 aromatic rings. The number of carbonyl (C=O) groups is 1. The third-order valence-corrected chi connectivity index (χ3v) is 4.75. The van der Waals surface area contributed by atoms with Gasteiger partial charge in [-0.1, -0.05) is 0 Å². The van der Waals surface area contributed by atoms with Gasteiger partial charge in [0.15, 0.2) is 5.75 Å². The molecule has 1 aromatic heterocycles. The van der Waals surface area contributed by atoms with Crippen molar-refractivity contribution in [2.75, 3.05) is 19.6 Å². The first-order valence-corrected chi connectivity index (χ1v) is 9.52. The van der Waals surface area contributed by atoms with E-state index in [-0.39, 0.29) is 17.2 Å². The van der Waals surface area contributed by atoms with Gasteiger partial charge >= 0.3 is 5.69 Å². The number of aryl methyl sites for hydroxylation is 1. The summed E-state index contributed by atoms with van der Waals surface area (Å²) in [5, 5.41) is 47.1. The maximum atomic E-state index is 12.8. The van der Waals surface area contributed by atoms with Crippen molar-refractivity contribution in [3.8, 4) is 17.6 Å². The molecule has 0 saturated carbocycles. The molecule has 11 heteroatoms. The lowest BCUT2D eigenvalue weighted by atomic mass is 10.1. The molecule has 2 rings (SSSR count). The van der Waals surface area contributed by atoms with Crippen molar-refractivity contribution in [2.24, 2.45) is 7.05 Å². The van der Waals surface area contributed by atoms with E-state index in [2.05, 4.69) is 10.4 Å². The molecular formula is C20H24N6O5. The van der Waals surface area contributed by atoms with Crippen molar-refractivity contribution in [2.45, 2.75) is 19.9 Å². The highest BCUT2D eigenvalue weighted by atomic mass is 16.6. The van der Waals surface area contributed by atoms with E-state index in [1.54, 1.807) is 23.9 Å². The Morgan fingerprint density at radius 1 is 1.48 bits per heavy atom. The van der Waals surface area contributed by atoms with Gasteiger partial charge in [0.2, 0.25) is 5.75 Å². The van der Waals surface area contributed by atoms with Crippen LogP contribution in [0.4, 0.5) is 5.69 Å². The molecule has 3 N–H and O–H groups in total. The van der Waals surface area contributed by atoms with Crippen LogP contribution in [0.2, 0.25) is 0 Å². The van der Waals surface area contributed by atoms with Crippen LogP contribution < -0.4 is 5.32 Å². The van der Waals surface area contributed by atoms with E-state index in [1.807, 2.05) is 20.0 Å². The Labute approximate surface area is 179 Å². The van der Waals surface area contributed by atoms with Gasteiger partial charge in [-0.25, -0.2) is 0 Å². The molecular weight excluding hydrogens is 404 g/mol. The Morgan fingerprint density at radius 3 is 2.74 bits per heavy atom. The summed E-state index contributed by atoms with van der Waals surface area (Å²) in [6.45, 7) is 4.89. The molecule has 0 bridgehead atoms. The first-order chi connectivity index (χ1) is 14.7. The number of benzene rings is 1. The molecule has 0 fully saturated rings. The van der Waals surface area contributed by atoms with Crippen LogP contribution in [0.5, 0.6) is 11.5 Å². The summed E-state index contributed by atoms with van der Waals surface area (Å²) in [4.78, 5) is 24.4. The van der Waals surface area contributed by atoms with Crippen LogP contribution in [-0.2, 0) is 11.8 Å². The molecule has 0 aliphatic heterocycles. The van der Waals surface area contributed by atoms with Gasteiger partial charge in [0.05, 0.1) is 10.6 Å². The Balaban J connectivity index is 2.13. The van der Waals surface area contributed by atoms with Gasteiger partial charge in [0, 0.05) is 45.0 Å². The molecule has 1 aromatic carbocycles.